The summed E-state index contributed by atoms with van der Waals surface area (Å²) in [6, 6.07) is 0. The first-order valence-corrected chi connectivity index (χ1v) is 4.61. The maximum Gasteiger partial charge on any atom is 0.0128 e. The molecule has 0 aromatic rings. The van der Waals surface area contributed by atoms with Crippen molar-refractivity contribution < 1.29 is 8.76 Å². The predicted molar refractivity (Wildman–Crippen MR) is 41.5 cm³/mol. The normalized spacial score (nSPS) is 16.7. The Hall–Kier alpha value is 0.0700. The van der Waals surface area contributed by atoms with Crippen LogP contribution in [-0.2, 0) is 11.1 Å². The topological polar surface area (TPSA) is 52.2 Å². The van der Waals surface area contributed by atoms with E-state index in [9.17, 15) is 8.76 Å². The van der Waals surface area contributed by atoms with E-state index in [1.165, 1.54) is 0 Å². The molecule has 62 valence electrons. The maximum absolute atomic E-state index is 10.2. The Kier molecular flexibility index (Phi) is 5.87. The Morgan fingerprint density at radius 2 is 2.30 bits per heavy atom. The quantitative estimate of drug-likeness (QED) is 0.587. The van der Waals surface area contributed by atoms with E-state index in [0.717, 1.165) is 13.0 Å². The fourth-order valence-corrected chi connectivity index (χ4v) is 1.34. The molecule has 0 saturated heterocycles. The fraction of sp³-hybridized carbons (Fsp3) is 1.00. The van der Waals surface area contributed by atoms with Crippen molar-refractivity contribution in [1.29, 1.82) is 0 Å². The Morgan fingerprint density at radius 3 is 2.70 bits per heavy atom. The van der Waals surface area contributed by atoms with Crippen molar-refractivity contribution in [3.05, 3.63) is 0 Å². The molecule has 0 spiro atoms. The Bertz CT molecular complexity index is 108. The number of nitrogens with one attached hydrogen (secondary N) is 1. The molecule has 0 heterocycles. The molecule has 10 heavy (non-hydrogen) atoms. The van der Waals surface area contributed by atoms with E-state index >= 15 is 0 Å². The molecular weight excluding hydrogens is 150 g/mol. The highest BCUT2D eigenvalue weighted by atomic mass is 32.2. The van der Waals surface area contributed by atoms with Crippen molar-refractivity contribution in [1.82, 2.24) is 5.32 Å². The molecule has 0 aromatic heterocycles. The van der Waals surface area contributed by atoms with Crippen LogP contribution in [0.3, 0.4) is 0 Å². The Balaban J connectivity index is 3.25. The van der Waals surface area contributed by atoms with Crippen LogP contribution in [0, 0.1) is 5.92 Å². The smallest absolute Gasteiger partial charge is 0.0128 e. The zero-order valence-electron chi connectivity index (χ0n) is 6.42. The van der Waals surface area contributed by atoms with Crippen LogP contribution in [-0.4, -0.2) is 28.1 Å². The Labute approximate surface area is 64.5 Å². The van der Waals surface area contributed by atoms with E-state index in [4.69, 9.17) is 0 Å². The standard InChI is InChI=1S/C6H15NO2S/c1-6(3-4-7-2)5-10(8)9/h6-7H,3-5H2,1-2H3,(H,8,9)/p-1. The van der Waals surface area contributed by atoms with Crippen LogP contribution in [0.1, 0.15) is 13.3 Å². The molecule has 4 heteroatoms. The second-order valence-electron chi connectivity index (χ2n) is 2.47. The van der Waals surface area contributed by atoms with Gasteiger partial charge in [0.2, 0.25) is 0 Å². The van der Waals surface area contributed by atoms with Crippen LogP contribution in [0.2, 0.25) is 0 Å². The van der Waals surface area contributed by atoms with E-state index in [1.807, 2.05) is 14.0 Å². The average Bonchev–Trinajstić information content (AvgIpc) is 1.82. The van der Waals surface area contributed by atoms with Crippen molar-refractivity contribution in [3.8, 4) is 0 Å². The van der Waals surface area contributed by atoms with Gasteiger partial charge in [-0.15, -0.1) is 0 Å². The molecule has 3 nitrogen and oxygen atoms in total. The van der Waals surface area contributed by atoms with Gasteiger partial charge in [0, 0.05) is 5.75 Å². The van der Waals surface area contributed by atoms with Gasteiger partial charge < -0.3 is 9.87 Å². The van der Waals surface area contributed by atoms with Crippen LogP contribution in [0.15, 0.2) is 0 Å². The number of hydrogen-bond acceptors (Lipinski definition) is 3. The van der Waals surface area contributed by atoms with Crippen LogP contribution in [0.25, 0.3) is 0 Å². The fourth-order valence-electron chi connectivity index (χ4n) is 0.706. The molecule has 0 aliphatic rings. The van der Waals surface area contributed by atoms with E-state index in [2.05, 4.69) is 5.32 Å². The highest BCUT2D eigenvalue weighted by Gasteiger charge is 1.99. The van der Waals surface area contributed by atoms with Gasteiger partial charge in [-0.3, -0.25) is 4.21 Å². The van der Waals surface area contributed by atoms with E-state index < -0.39 is 11.1 Å². The zero-order chi connectivity index (χ0) is 7.98. The van der Waals surface area contributed by atoms with Gasteiger partial charge in [0.15, 0.2) is 0 Å². The third-order valence-electron chi connectivity index (χ3n) is 1.31. The summed E-state index contributed by atoms with van der Waals surface area (Å²) < 4.78 is 20.3. The first kappa shape index (κ1) is 10.1. The highest BCUT2D eigenvalue weighted by molar-refractivity contribution is 7.79. The van der Waals surface area contributed by atoms with E-state index in [-0.39, 0.29) is 11.7 Å². The lowest BCUT2D eigenvalue weighted by Gasteiger charge is -2.12. The molecule has 0 amide bonds. The van der Waals surface area contributed by atoms with Gasteiger partial charge >= 0.3 is 0 Å². The predicted octanol–water partition coefficient (Wildman–Crippen LogP) is 0.111. The van der Waals surface area contributed by atoms with Gasteiger partial charge in [-0.25, -0.2) is 0 Å². The van der Waals surface area contributed by atoms with Crippen molar-refractivity contribution in [3.63, 3.8) is 0 Å². The molecule has 0 aromatic carbocycles. The van der Waals surface area contributed by atoms with Crippen LogP contribution in [0.4, 0.5) is 0 Å². The second-order valence-corrected chi connectivity index (χ2v) is 3.41. The molecular formula is C6H14NO2S-. The molecule has 2 unspecified atom stereocenters. The van der Waals surface area contributed by atoms with Crippen molar-refractivity contribution in [2.75, 3.05) is 19.3 Å². The van der Waals surface area contributed by atoms with Crippen molar-refractivity contribution >= 4 is 11.1 Å². The van der Waals surface area contributed by atoms with Crippen LogP contribution >= 0.6 is 0 Å². The van der Waals surface area contributed by atoms with Crippen LogP contribution < -0.4 is 5.32 Å². The monoisotopic (exact) mass is 164 g/mol. The molecule has 0 aliphatic carbocycles. The summed E-state index contributed by atoms with van der Waals surface area (Å²) in [5.74, 6) is 0.549. The van der Waals surface area contributed by atoms with Gasteiger partial charge in [0.05, 0.1) is 0 Å². The largest absolute Gasteiger partial charge is 0.772 e. The SMILES string of the molecule is CNCCC(C)CS(=O)[O-]. The molecule has 0 fully saturated rings. The minimum atomic E-state index is -1.88. The Morgan fingerprint density at radius 1 is 1.70 bits per heavy atom. The molecule has 0 radical (unpaired) electrons. The third-order valence-corrected chi connectivity index (χ3v) is 2.15. The number of hydrogen-bond donors (Lipinski definition) is 1. The molecule has 0 aliphatic heterocycles. The summed E-state index contributed by atoms with van der Waals surface area (Å²) >= 11 is -1.88. The van der Waals surface area contributed by atoms with Gasteiger partial charge in [-0.2, -0.15) is 0 Å². The van der Waals surface area contributed by atoms with Gasteiger partial charge in [-0.1, -0.05) is 18.0 Å². The van der Waals surface area contributed by atoms with E-state index in [1.54, 1.807) is 0 Å². The van der Waals surface area contributed by atoms with Crippen molar-refractivity contribution in [2.45, 2.75) is 13.3 Å². The first-order chi connectivity index (χ1) is 4.66. The minimum Gasteiger partial charge on any atom is -0.772 e. The van der Waals surface area contributed by atoms with Gasteiger partial charge in [0.25, 0.3) is 0 Å². The first-order valence-electron chi connectivity index (χ1n) is 3.37. The molecule has 0 bridgehead atoms. The van der Waals surface area contributed by atoms with Gasteiger partial charge in [0.1, 0.15) is 0 Å². The number of rotatable bonds is 5. The third kappa shape index (κ3) is 6.19. The highest BCUT2D eigenvalue weighted by Crippen LogP contribution is 2.00. The summed E-state index contributed by atoms with van der Waals surface area (Å²) in [6.45, 7) is 2.82. The minimum absolute atomic E-state index is 0.269. The lowest BCUT2D eigenvalue weighted by molar-refractivity contribution is 0.506. The second kappa shape index (κ2) is 5.82. The molecule has 0 saturated carbocycles. The lowest BCUT2D eigenvalue weighted by Crippen LogP contribution is -2.15. The molecule has 1 N–H and O–H groups in total. The molecule has 2 atom stereocenters. The summed E-state index contributed by atoms with van der Waals surface area (Å²) in [7, 11) is 1.86. The van der Waals surface area contributed by atoms with Crippen molar-refractivity contribution in [2.24, 2.45) is 5.92 Å². The summed E-state index contributed by atoms with van der Waals surface area (Å²) in [5.41, 5.74) is 0. The zero-order valence-corrected chi connectivity index (χ0v) is 7.24. The molecule has 0 rings (SSSR count). The maximum atomic E-state index is 10.2. The summed E-state index contributed by atoms with van der Waals surface area (Å²) in [5, 5.41) is 2.97. The average molecular weight is 164 g/mol. The lowest BCUT2D eigenvalue weighted by atomic mass is 10.1. The van der Waals surface area contributed by atoms with Crippen LogP contribution in [0.5, 0.6) is 0 Å². The van der Waals surface area contributed by atoms with E-state index in [0.29, 0.717) is 0 Å². The summed E-state index contributed by atoms with van der Waals surface area (Å²) in [6.07, 6.45) is 0.921. The summed E-state index contributed by atoms with van der Waals surface area (Å²) in [4.78, 5) is 0. The van der Waals surface area contributed by atoms with Gasteiger partial charge in [-0.05, 0) is 25.9 Å².